The molecule has 0 saturated heterocycles. The fourth-order valence-electron chi connectivity index (χ4n) is 1.59. The van der Waals surface area contributed by atoms with Crippen molar-refractivity contribution in [3.05, 3.63) is 53.1 Å². The number of ether oxygens (including phenoxy) is 2. The van der Waals surface area contributed by atoms with Crippen LogP contribution in [0.15, 0.2) is 42.5 Å². The lowest BCUT2D eigenvalue weighted by atomic mass is 10.2. The lowest BCUT2D eigenvalue weighted by Crippen LogP contribution is -2.01. The molecule has 0 fully saturated rings. The van der Waals surface area contributed by atoms with E-state index in [1.807, 2.05) is 0 Å². The second-order valence-electron chi connectivity index (χ2n) is 3.67. The molecular weight excluding hydrogens is 268 g/mol. The average Bonchev–Trinajstić information content (AvgIpc) is 2.41. The van der Waals surface area contributed by atoms with Gasteiger partial charge in [0.05, 0.1) is 12.1 Å². The molecule has 0 radical (unpaired) electrons. The van der Waals surface area contributed by atoms with Crippen molar-refractivity contribution in [1.82, 2.24) is 0 Å². The molecule has 0 aromatic heterocycles. The van der Waals surface area contributed by atoms with Crippen molar-refractivity contribution in [2.45, 2.75) is 0 Å². The number of para-hydroxylation sites is 3. The van der Waals surface area contributed by atoms with E-state index in [9.17, 15) is 4.79 Å². The van der Waals surface area contributed by atoms with Crippen molar-refractivity contribution < 1.29 is 19.4 Å². The molecule has 1 N–H and O–H groups in total. The molecule has 5 heteroatoms. The molecule has 98 valence electrons. The molecule has 0 saturated carbocycles. The number of hydrogen-bond acceptors (Lipinski definition) is 3. The third-order valence-corrected chi connectivity index (χ3v) is 2.78. The first-order valence-corrected chi connectivity index (χ1v) is 5.84. The maximum absolute atomic E-state index is 11.1. The minimum Gasteiger partial charge on any atom is -0.493 e. The predicted octanol–water partition coefficient (Wildman–Crippen LogP) is 3.84. The van der Waals surface area contributed by atoms with Crippen molar-refractivity contribution in [3.8, 4) is 17.2 Å². The van der Waals surface area contributed by atoms with Crippen LogP contribution >= 0.6 is 11.6 Å². The number of carboxylic acids is 1. The van der Waals surface area contributed by atoms with Gasteiger partial charge in [0.15, 0.2) is 17.2 Å². The Morgan fingerprint density at radius 1 is 1.11 bits per heavy atom. The van der Waals surface area contributed by atoms with Crippen LogP contribution in [0.25, 0.3) is 0 Å². The normalized spacial score (nSPS) is 10.0. The fourth-order valence-corrected chi connectivity index (χ4v) is 1.81. The molecule has 4 nitrogen and oxygen atoms in total. The summed E-state index contributed by atoms with van der Waals surface area (Å²) in [4.78, 5) is 11.1. The summed E-state index contributed by atoms with van der Waals surface area (Å²) < 4.78 is 10.7. The van der Waals surface area contributed by atoms with E-state index in [4.69, 9.17) is 26.2 Å². The molecule has 0 aliphatic carbocycles. The maximum atomic E-state index is 11.1. The van der Waals surface area contributed by atoms with Crippen LogP contribution in [0.2, 0.25) is 5.02 Å². The number of aromatic carboxylic acids is 1. The molecule has 0 aliphatic heterocycles. The standard InChI is InChI=1S/C14H11ClO4/c1-18-11-7-2-3-8-12(11)19-13-9(14(16)17)5-4-6-10(13)15/h2-8H,1H3,(H,16,17). The molecule has 2 rings (SSSR count). The van der Waals surface area contributed by atoms with Gasteiger partial charge in [-0.25, -0.2) is 4.79 Å². The molecule has 0 heterocycles. The van der Waals surface area contributed by atoms with Gasteiger partial charge < -0.3 is 14.6 Å². The van der Waals surface area contributed by atoms with Gasteiger partial charge in [-0.05, 0) is 24.3 Å². The van der Waals surface area contributed by atoms with Crippen molar-refractivity contribution >= 4 is 17.6 Å². The van der Waals surface area contributed by atoms with Gasteiger partial charge in [0.25, 0.3) is 0 Å². The second-order valence-corrected chi connectivity index (χ2v) is 4.08. The Morgan fingerprint density at radius 2 is 1.79 bits per heavy atom. The SMILES string of the molecule is COc1ccccc1Oc1c(Cl)cccc1C(=O)O. The topological polar surface area (TPSA) is 55.8 Å². The molecule has 2 aromatic carbocycles. The Bertz CT molecular complexity index is 610. The van der Waals surface area contributed by atoms with E-state index < -0.39 is 5.97 Å². The minimum atomic E-state index is -1.10. The van der Waals surface area contributed by atoms with Crippen molar-refractivity contribution in [3.63, 3.8) is 0 Å². The van der Waals surface area contributed by atoms with Crippen LogP contribution in [0.4, 0.5) is 0 Å². The summed E-state index contributed by atoms with van der Waals surface area (Å²) in [6.45, 7) is 0. The summed E-state index contributed by atoms with van der Waals surface area (Å²) in [5.74, 6) is -0.104. The zero-order valence-electron chi connectivity index (χ0n) is 10.1. The van der Waals surface area contributed by atoms with E-state index in [0.717, 1.165) is 0 Å². The quantitative estimate of drug-likeness (QED) is 0.923. The third-order valence-electron chi connectivity index (χ3n) is 2.48. The summed E-state index contributed by atoms with van der Waals surface area (Å²) in [5.41, 5.74) is -0.00148. The van der Waals surface area contributed by atoms with Crippen LogP contribution in [0.1, 0.15) is 10.4 Å². The van der Waals surface area contributed by atoms with Crippen LogP contribution in [-0.2, 0) is 0 Å². The molecule has 0 atom stereocenters. The van der Waals surface area contributed by atoms with Gasteiger partial charge in [-0.1, -0.05) is 29.8 Å². The van der Waals surface area contributed by atoms with E-state index in [-0.39, 0.29) is 16.3 Å². The average molecular weight is 279 g/mol. The van der Waals surface area contributed by atoms with Crippen LogP contribution in [0.5, 0.6) is 17.2 Å². The van der Waals surface area contributed by atoms with Crippen LogP contribution in [0, 0.1) is 0 Å². The lowest BCUT2D eigenvalue weighted by molar-refractivity contribution is 0.0694. The Labute approximate surface area is 115 Å². The van der Waals surface area contributed by atoms with Gasteiger partial charge in [-0.3, -0.25) is 0 Å². The number of halogens is 1. The number of carboxylic acid groups (broad SMARTS) is 1. The summed E-state index contributed by atoms with van der Waals surface area (Å²) in [5, 5.41) is 9.35. The van der Waals surface area contributed by atoms with Gasteiger partial charge in [0.2, 0.25) is 0 Å². The summed E-state index contributed by atoms with van der Waals surface area (Å²) in [7, 11) is 1.51. The zero-order chi connectivity index (χ0) is 13.8. The van der Waals surface area contributed by atoms with Gasteiger partial charge in [-0.2, -0.15) is 0 Å². The molecular formula is C14H11ClO4. The number of rotatable bonds is 4. The summed E-state index contributed by atoms with van der Waals surface area (Å²) >= 11 is 5.99. The highest BCUT2D eigenvalue weighted by atomic mass is 35.5. The first-order valence-electron chi connectivity index (χ1n) is 5.46. The molecule has 0 aliphatic rings. The largest absolute Gasteiger partial charge is 0.493 e. The maximum Gasteiger partial charge on any atom is 0.339 e. The number of carbonyl (C=O) groups is 1. The van der Waals surface area contributed by atoms with Gasteiger partial charge in [-0.15, -0.1) is 0 Å². The molecule has 0 amide bonds. The number of benzene rings is 2. The van der Waals surface area contributed by atoms with Gasteiger partial charge >= 0.3 is 5.97 Å². The van der Waals surface area contributed by atoms with Crippen molar-refractivity contribution in [2.75, 3.05) is 7.11 Å². The van der Waals surface area contributed by atoms with E-state index >= 15 is 0 Å². The molecule has 19 heavy (non-hydrogen) atoms. The fraction of sp³-hybridized carbons (Fsp3) is 0.0714. The third kappa shape index (κ3) is 2.80. The highest BCUT2D eigenvalue weighted by Gasteiger charge is 2.16. The van der Waals surface area contributed by atoms with Crippen LogP contribution in [0.3, 0.4) is 0 Å². The Balaban J connectivity index is 2.46. The van der Waals surface area contributed by atoms with Gasteiger partial charge in [0.1, 0.15) is 5.56 Å². The Hall–Kier alpha value is -2.20. The van der Waals surface area contributed by atoms with Crippen molar-refractivity contribution in [2.24, 2.45) is 0 Å². The zero-order valence-corrected chi connectivity index (χ0v) is 10.8. The molecule has 2 aromatic rings. The first-order chi connectivity index (χ1) is 9.13. The smallest absolute Gasteiger partial charge is 0.339 e. The highest BCUT2D eigenvalue weighted by Crippen LogP contribution is 2.36. The van der Waals surface area contributed by atoms with E-state index in [1.54, 1.807) is 36.4 Å². The van der Waals surface area contributed by atoms with E-state index in [1.165, 1.54) is 13.2 Å². The Kier molecular flexibility index (Phi) is 3.92. The van der Waals surface area contributed by atoms with E-state index in [0.29, 0.717) is 11.5 Å². The summed E-state index contributed by atoms with van der Waals surface area (Å²) in [6.07, 6.45) is 0. The molecule has 0 bridgehead atoms. The van der Waals surface area contributed by atoms with Crippen LogP contribution in [-0.4, -0.2) is 18.2 Å². The first kappa shape index (κ1) is 13.2. The molecule has 0 unspecified atom stereocenters. The lowest BCUT2D eigenvalue weighted by Gasteiger charge is -2.12. The van der Waals surface area contributed by atoms with E-state index in [2.05, 4.69) is 0 Å². The van der Waals surface area contributed by atoms with Gasteiger partial charge in [0, 0.05) is 0 Å². The number of hydrogen-bond donors (Lipinski definition) is 1. The number of methoxy groups -OCH3 is 1. The minimum absolute atomic E-state index is 0.00148. The Morgan fingerprint density at radius 3 is 2.42 bits per heavy atom. The van der Waals surface area contributed by atoms with Crippen molar-refractivity contribution in [1.29, 1.82) is 0 Å². The second kappa shape index (κ2) is 5.63. The molecule has 0 spiro atoms. The monoisotopic (exact) mass is 278 g/mol. The highest BCUT2D eigenvalue weighted by molar-refractivity contribution is 6.32. The summed E-state index contributed by atoms with van der Waals surface area (Å²) in [6, 6.07) is 11.5. The van der Waals surface area contributed by atoms with Crippen LogP contribution < -0.4 is 9.47 Å². The predicted molar refractivity (Wildman–Crippen MR) is 71.5 cm³/mol.